The third kappa shape index (κ3) is 3.32. The first kappa shape index (κ1) is 15.6. The third-order valence-electron chi connectivity index (χ3n) is 4.44. The van der Waals surface area contributed by atoms with Crippen molar-refractivity contribution in [3.8, 4) is 5.69 Å². The molecule has 3 aromatic rings. The van der Waals surface area contributed by atoms with E-state index in [1.807, 2.05) is 53.2 Å². The average molecular weight is 333 g/mol. The number of benzene rings is 2. The van der Waals surface area contributed by atoms with Crippen LogP contribution in [0.2, 0.25) is 0 Å². The lowest BCUT2D eigenvalue weighted by atomic mass is 9.97. The maximum Gasteiger partial charge on any atom is 0.254 e. The zero-order chi connectivity index (χ0) is 17.1. The Morgan fingerprint density at radius 1 is 1.20 bits per heavy atom. The maximum atomic E-state index is 12.5. The van der Waals surface area contributed by atoms with Crippen LogP contribution in [0.5, 0.6) is 0 Å². The molecule has 1 unspecified atom stereocenters. The van der Waals surface area contributed by atoms with Gasteiger partial charge < -0.3 is 14.6 Å². The van der Waals surface area contributed by atoms with Gasteiger partial charge in [-0.3, -0.25) is 4.79 Å². The molecule has 5 heteroatoms. The van der Waals surface area contributed by atoms with Gasteiger partial charge in [-0.05, 0) is 35.2 Å². The van der Waals surface area contributed by atoms with Gasteiger partial charge in [0.2, 0.25) is 0 Å². The first-order chi connectivity index (χ1) is 12.3. The number of hydrogen-bond acceptors (Lipinski definition) is 3. The van der Waals surface area contributed by atoms with Crippen LogP contribution in [0.4, 0.5) is 0 Å². The minimum atomic E-state index is -0.518. The minimum Gasteiger partial charge on any atom is -0.363 e. The van der Waals surface area contributed by atoms with Crippen LogP contribution in [0, 0.1) is 0 Å². The van der Waals surface area contributed by atoms with Crippen molar-refractivity contribution in [2.45, 2.75) is 19.1 Å². The second-order valence-electron chi connectivity index (χ2n) is 6.05. The Balaban J connectivity index is 1.41. The van der Waals surface area contributed by atoms with E-state index in [9.17, 15) is 4.79 Å². The smallest absolute Gasteiger partial charge is 0.254 e. The number of rotatable bonds is 4. The number of nitrogens with one attached hydrogen (secondary N) is 1. The molecule has 0 aliphatic carbocycles. The van der Waals surface area contributed by atoms with Gasteiger partial charge >= 0.3 is 0 Å². The van der Waals surface area contributed by atoms with Crippen molar-refractivity contribution in [2.24, 2.45) is 0 Å². The number of carbonyl (C=O) groups is 1. The molecule has 1 aromatic heterocycles. The van der Waals surface area contributed by atoms with Crippen LogP contribution in [0.25, 0.3) is 5.69 Å². The summed E-state index contributed by atoms with van der Waals surface area (Å²) in [5, 5.41) is 2.98. The van der Waals surface area contributed by atoms with Crippen molar-refractivity contribution in [1.82, 2.24) is 14.9 Å². The summed E-state index contributed by atoms with van der Waals surface area (Å²) < 4.78 is 7.64. The lowest BCUT2D eigenvalue weighted by molar-refractivity contribution is -0.134. The van der Waals surface area contributed by atoms with Crippen LogP contribution in [-0.4, -0.2) is 22.1 Å². The van der Waals surface area contributed by atoms with E-state index in [-0.39, 0.29) is 5.91 Å². The van der Waals surface area contributed by atoms with Crippen molar-refractivity contribution in [3.05, 3.63) is 83.9 Å². The summed E-state index contributed by atoms with van der Waals surface area (Å²) in [5.41, 5.74) is 4.25. The largest absolute Gasteiger partial charge is 0.363 e. The molecule has 0 saturated heterocycles. The van der Waals surface area contributed by atoms with Crippen molar-refractivity contribution in [2.75, 3.05) is 6.61 Å². The van der Waals surface area contributed by atoms with Gasteiger partial charge in [0.25, 0.3) is 5.91 Å². The summed E-state index contributed by atoms with van der Waals surface area (Å²) in [6.07, 6.45) is 5.74. The van der Waals surface area contributed by atoms with Gasteiger partial charge in [0.1, 0.15) is 0 Å². The lowest BCUT2D eigenvalue weighted by Crippen LogP contribution is -2.33. The summed E-state index contributed by atoms with van der Waals surface area (Å²) in [7, 11) is 0. The molecule has 1 N–H and O–H groups in total. The standard InChI is InChI=1S/C20H19N3O2/c24-20(19-18-4-2-1-3-16(18)9-12-25-19)22-13-15-5-7-17(8-6-15)23-11-10-21-14-23/h1-8,10-11,14,19H,9,12-13H2,(H,22,24). The van der Waals surface area contributed by atoms with E-state index in [0.717, 1.165) is 23.2 Å². The Morgan fingerprint density at radius 3 is 2.84 bits per heavy atom. The average Bonchev–Trinajstić information content (AvgIpc) is 3.21. The molecule has 1 amide bonds. The first-order valence-electron chi connectivity index (χ1n) is 8.35. The molecular formula is C20H19N3O2. The Morgan fingerprint density at radius 2 is 2.04 bits per heavy atom. The van der Waals surface area contributed by atoms with Crippen molar-refractivity contribution in [3.63, 3.8) is 0 Å². The molecule has 2 heterocycles. The fourth-order valence-electron chi connectivity index (χ4n) is 3.09. The first-order valence-corrected chi connectivity index (χ1v) is 8.35. The van der Waals surface area contributed by atoms with E-state index in [0.29, 0.717) is 13.2 Å². The predicted molar refractivity (Wildman–Crippen MR) is 94.2 cm³/mol. The van der Waals surface area contributed by atoms with Gasteiger partial charge in [-0.15, -0.1) is 0 Å². The van der Waals surface area contributed by atoms with Crippen molar-refractivity contribution < 1.29 is 9.53 Å². The topological polar surface area (TPSA) is 56.2 Å². The molecule has 5 nitrogen and oxygen atoms in total. The summed E-state index contributed by atoms with van der Waals surface area (Å²) in [6, 6.07) is 16.0. The normalized spacial score (nSPS) is 16.2. The van der Waals surface area contributed by atoms with E-state index in [1.165, 1.54) is 5.56 Å². The second-order valence-corrected chi connectivity index (χ2v) is 6.05. The highest BCUT2D eigenvalue weighted by Crippen LogP contribution is 2.27. The van der Waals surface area contributed by atoms with Gasteiger partial charge in [0, 0.05) is 24.6 Å². The zero-order valence-corrected chi connectivity index (χ0v) is 13.8. The summed E-state index contributed by atoms with van der Waals surface area (Å²) in [4.78, 5) is 16.6. The van der Waals surface area contributed by atoms with E-state index < -0.39 is 6.10 Å². The molecule has 0 radical (unpaired) electrons. The van der Waals surface area contributed by atoms with Crippen LogP contribution in [0.3, 0.4) is 0 Å². The number of amides is 1. The number of carbonyl (C=O) groups excluding carboxylic acids is 1. The Labute approximate surface area is 146 Å². The van der Waals surface area contributed by atoms with Gasteiger partial charge in [0.15, 0.2) is 6.10 Å². The molecule has 0 bridgehead atoms. The lowest BCUT2D eigenvalue weighted by Gasteiger charge is -2.25. The highest BCUT2D eigenvalue weighted by molar-refractivity contribution is 5.82. The molecular weight excluding hydrogens is 314 g/mol. The highest BCUT2D eigenvalue weighted by atomic mass is 16.5. The molecule has 1 atom stereocenters. The van der Waals surface area contributed by atoms with Gasteiger partial charge in [0.05, 0.1) is 12.9 Å². The molecule has 0 fully saturated rings. The molecule has 0 spiro atoms. The highest BCUT2D eigenvalue weighted by Gasteiger charge is 2.26. The Kier molecular flexibility index (Phi) is 4.31. The monoisotopic (exact) mass is 333 g/mol. The summed E-state index contributed by atoms with van der Waals surface area (Å²) >= 11 is 0. The maximum absolute atomic E-state index is 12.5. The van der Waals surface area contributed by atoms with E-state index in [2.05, 4.69) is 16.4 Å². The quantitative estimate of drug-likeness (QED) is 0.799. The van der Waals surface area contributed by atoms with Crippen LogP contribution < -0.4 is 5.32 Å². The van der Waals surface area contributed by atoms with E-state index in [4.69, 9.17) is 4.74 Å². The van der Waals surface area contributed by atoms with Crippen LogP contribution in [0.15, 0.2) is 67.3 Å². The molecule has 4 rings (SSSR count). The third-order valence-corrected chi connectivity index (χ3v) is 4.44. The summed E-state index contributed by atoms with van der Waals surface area (Å²) in [5.74, 6) is -0.0918. The SMILES string of the molecule is O=C(NCc1ccc(-n2ccnc2)cc1)C1OCCc2ccccc21. The zero-order valence-electron chi connectivity index (χ0n) is 13.8. The van der Waals surface area contributed by atoms with Crippen molar-refractivity contribution in [1.29, 1.82) is 0 Å². The Bertz CT molecular complexity index is 857. The molecule has 126 valence electrons. The number of aromatic nitrogens is 2. The van der Waals surface area contributed by atoms with Gasteiger partial charge in [-0.2, -0.15) is 0 Å². The van der Waals surface area contributed by atoms with Crippen LogP contribution in [-0.2, 0) is 22.5 Å². The second kappa shape index (κ2) is 6.91. The Hall–Kier alpha value is -2.92. The fourth-order valence-corrected chi connectivity index (χ4v) is 3.09. The number of imidazole rings is 1. The molecule has 25 heavy (non-hydrogen) atoms. The number of hydrogen-bond donors (Lipinski definition) is 1. The molecule has 1 aliphatic rings. The predicted octanol–water partition coefficient (Wildman–Crippen LogP) is 2.80. The van der Waals surface area contributed by atoms with Gasteiger partial charge in [-0.25, -0.2) is 4.98 Å². The molecule has 2 aromatic carbocycles. The number of ether oxygens (including phenoxy) is 1. The molecule has 1 aliphatic heterocycles. The van der Waals surface area contributed by atoms with Gasteiger partial charge in [-0.1, -0.05) is 36.4 Å². The van der Waals surface area contributed by atoms with E-state index >= 15 is 0 Å². The fraction of sp³-hybridized carbons (Fsp3) is 0.200. The number of nitrogens with zero attached hydrogens (tertiary/aromatic N) is 2. The van der Waals surface area contributed by atoms with Crippen LogP contribution in [0.1, 0.15) is 22.8 Å². The summed E-state index contributed by atoms with van der Waals surface area (Å²) in [6.45, 7) is 1.06. The van der Waals surface area contributed by atoms with Crippen molar-refractivity contribution >= 4 is 5.91 Å². The number of fused-ring (bicyclic) bond motifs is 1. The van der Waals surface area contributed by atoms with Crippen LogP contribution >= 0.6 is 0 Å². The minimum absolute atomic E-state index is 0.0918. The van der Waals surface area contributed by atoms with E-state index in [1.54, 1.807) is 12.5 Å². The molecule has 0 saturated carbocycles.